The number of benzene rings is 1. The molecule has 9 heteroatoms. The van der Waals surface area contributed by atoms with Crippen molar-refractivity contribution in [1.82, 2.24) is 5.32 Å². The molecule has 0 aromatic heterocycles. The average molecular weight is 341 g/mol. The van der Waals surface area contributed by atoms with E-state index < -0.39 is 23.6 Å². The van der Waals surface area contributed by atoms with Gasteiger partial charge in [-0.3, -0.25) is 0 Å². The largest absolute Gasteiger partial charge is 0.493 e. The van der Waals surface area contributed by atoms with Crippen LogP contribution in [0.25, 0.3) is 0 Å². The Balaban J connectivity index is 2.98. The van der Waals surface area contributed by atoms with Gasteiger partial charge in [-0.25, -0.2) is 4.39 Å². The molecule has 0 spiro atoms. The van der Waals surface area contributed by atoms with Crippen LogP contribution < -0.4 is 14.8 Å². The average Bonchev–Trinajstić information content (AvgIpc) is 2.50. The molecular weight excluding hydrogens is 322 g/mol. The summed E-state index contributed by atoms with van der Waals surface area (Å²) in [4.78, 5) is 0. The topological polar surface area (TPSA) is 60.0 Å². The van der Waals surface area contributed by atoms with Gasteiger partial charge in [0.25, 0.3) is 0 Å². The molecule has 0 saturated carbocycles. The van der Waals surface area contributed by atoms with Crippen molar-refractivity contribution in [2.45, 2.75) is 12.2 Å². The predicted molar refractivity (Wildman–Crippen MR) is 74.2 cm³/mol. The van der Waals surface area contributed by atoms with Crippen LogP contribution in [-0.4, -0.2) is 51.9 Å². The molecule has 132 valence electrons. The van der Waals surface area contributed by atoms with Crippen LogP contribution in [0.4, 0.5) is 17.6 Å². The lowest BCUT2D eigenvalue weighted by Crippen LogP contribution is -2.36. The lowest BCUT2D eigenvalue weighted by Gasteiger charge is -2.23. The molecule has 1 unspecified atom stereocenters. The summed E-state index contributed by atoms with van der Waals surface area (Å²) in [5.74, 6) is -1.06. The minimum atomic E-state index is -4.71. The molecular formula is C14H19F4NO4. The molecule has 1 atom stereocenters. The van der Waals surface area contributed by atoms with E-state index in [2.05, 4.69) is 5.32 Å². The van der Waals surface area contributed by atoms with E-state index in [-0.39, 0.29) is 37.9 Å². The second kappa shape index (κ2) is 8.90. The van der Waals surface area contributed by atoms with Gasteiger partial charge in [-0.15, -0.1) is 0 Å². The number of alkyl halides is 3. The van der Waals surface area contributed by atoms with Gasteiger partial charge >= 0.3 is 6.18 Å². The van der Waals surface area contributed by atoms with Crippen LogP contribution in [0.2, 0.25) is 0 Å². The zero-order chi connectivity index (χ0) is 17.5. The lowest BCUT2D eigenvalue weighted by molar-refractivity contribution is -0.158. The summed E-state index contributed by atoms with van der Waals surface area (Å²) in [6.07, 6.45) is -4.71. The van der Waals surface area contributed by atoms with Gasteiger partial charge in [0, 0.05) is 18.2 Å². The van der Waals surface area contributed by atoms with E-state index in [1.165, 1.54) is 14.2 Å². The minimum Gasteiger partial charge on any atom is -0.493 e. The maximum absolute atomic E-state index is 14.0. The van der Waals surface area contributed by atoms with Crippen molar-refractivity contribution in [3.63, 3.8) is 0 Å². The van der Waals surface area contributed by atoms with Crippen LogP contribution in [0.3, 0.4) is 0 Å². The summed E-state index contributed by atoms with van der Waals surface area (Å²) in [5, 5.41) is 10.7. The molecule has 0 aliphatic heterocycles. The first-order chi connectivity index (χ1) is 10.8. The first kappa shape index (κ1) is 19.5. The SMILES string of the molecule is COc1cc(F)c(C(NCCOCCO)C(F)(F)F)cc1OC. The number of halogens is 4. The van der Waals surface area contributed by atoms with Gasteiger partial charge in [0.2, 0.25) is 0 Å². The van der Waals surface area contributed by atoms with Crippen LogP contribution in [0.5, 0.6) is 11.5 Å². The second-order valence-corrected chi connectivity index (χ2v) is 4.49. The molecule has 0 bridgehead atoms. The Labute approximate surface area is 131 Å². The van der Waals surface area contributed by atoms with Crippen molar-refractivity contribution < 1.29 is 36.9 Å². The van der Waals surface area contributed by atoms with E-state index in [0.29, 0.717) is 0 Å². The first-order valence-corrected chi connectivity index (χ1v) is 6.75. The molecule has 0 aliphatic carbocycles. The Bertz CT molecular complexity index is 496. The molecule has 0 amide bonds. The molecule has 0 saturated heterocycles. The highest BCUT2D eigenvalue weighted by Crippen LogP contribution is 2.38. The highest BCUT2D eigenvalue weighted by atomic mass is 19.4. The summed E-state index contributed by atoms with van der Waals surface area (Å²) in [5.41, 5.74) is -0.600. The zero-order valence-electron chi connectivity index (χ0n) is 12.7. The fraction of sp³-hybridized carbons (Fsp3) is 0.571. The number of nitrogens with one attached hydrogen (secondary N) is 1. The number of ether oxygens (including phenoxy) is 3. The van der Waals surface area contributed by atoms with Crippen LogP contribution in [0.15, 0.2) is 12.1 Å². The minimum absolute atomic E-state index is 0.000883. The van der Waals surface area contributed by atoms with Gasteiger partial charge in [-0.2, -0.15) is 13.2 Å². The fourth-order valence-corrected chi connectivity index (χ4v) is 1.94. The number of hydrogen-bond donors (Lipinski definition) is 2. The Morgan fingerprint density at radius 1 is 1.13 bits per heavy atom. The Morgan fingerprint density at radius 3 is 2.26 bits per heavy atom. The molecule has 1 aromatic carbocycles. The van der Waals surface area contributed by atoms with Gasteiger partial charge in [0.05, 0.1) is 34.0 Å². The van der Waals surface area contributed by atoms with Crippen molar-refractivity contribution in [3.05, 3.63) is 23.5 Å². The number of aliphatic hydroxyl groups excluding tert-OH is 1. The highest BCUT2D eigenvalue weighted by Gasteiger charge is 2.42. The van der Waals surface area contributed by atoms with E-state index in [4.69, 9.17) is 19.3 Å². The van der Waals surface area contributed by atoms with E-state index in [1.807, 2.05) is 0 Å². The molecule has 0 heterocycles. The summed E-state index contributed by atoms with van der Waals surface area (Å²) in [6.45, 7) is -0.434. The molecule has 1 aromatic rings. The molecule has 0 aliphatic rings. The third kappa shape index (κ3) is 5.52. The van der Waals surface area contributed by atoms with Crippen LogP contribution in [0, 0.1) is 5.82 Å². The molecule has 23 heavy (non-hydrogen) atoms. The number of hydrogen-bond acceptors (Lipinski definition) is 5. The molecule has 0 fully saturated rings. The fourth-order valence-electron chi connectivity index (χ4n) is 1.94. The third-order valence-electron chi connectivity index (χ3n) is 2.97. The Hall–Kier alpha value is -1.58. The summed E-state index contributed by atoms with van der Waals surface area (Å²) >= 11 is 0. The maximum atomic E-state index is 14.0. The first-order valence-electron chi connectivity index (χ1n) is 6.75. The van der Waals surface area contributed by atoms with Gasteiger partial charge in [-0.05, 0) is 6.07 Å². The van der Waals surface area contributed by atoms with Crippen LogP contribution in [-0.2, 0) is 4.74 Å². The van der Waals surface area contributed by atoms with Crippen molar-refractivity contribution in [2.24, 2.45) is 0 Å². The van der Waals surface area contributed by atoms with E-state index in [0.717, 1.165) is 12.1 Å². The summed E-state index contributed by atoms with van der Waals surface area (Å²) in [6, 6.07) is -0.426. The molecule has 0 radical (unpaired) electrons. The normalized spacial score (nSPS) is 13.0. The van der Waals surface area contributed by atoms with E-state index in [1.54, 1.807) is 0 Å². The van der Waals surface area contributed by atoms with Crippen LogP contribution in [0.1, 0.15) is 11.6 Å². The number of rotatable bonds is 9. The third-order valence-corrected chi connectivity index (χ3v) is 2.97. The molecule has 1 rings (SSSR count). The lowest BCUT2D eigenvalue weighted by atomic mass is 10.0. The van der Waals surface area contributed by atoms with E-state index >= 15 is 0 Å². The van der Waals surface area contributed by atoms with Gasteiger partial charge in [0.15, 0.2) is 11.5 Å². The van der Waals surface area contributed by atoms with Crippen molar-refractivity contribution in [1.29, 1.82) is 0 Å². The highest BCUT2D eigenvalue weighted by molar-refractivity contribution is 5.45. The van der Waals surface area contributed by atoms with Gasteiger partial charge < -0.3 is 24.6 Å². The van der Waals surface area contributed by atoms with Gasteiger partial charge in [0.1, 0.15) is 11.9 Å². The van der Waals surface area contributed by atoms with Crippen molar-refractivity contribution >= 4 is 0 Å². The van der Waals surface area contributed by atoms with Crippen molar-refractivity contribution in [3.8, 4) is 11.5 Å². The summed E-state index contributed by atoms with van der Waals surface area (Å²) < 4.78 is 68.3. The smallest absolute Gasteiger partial charge is 0.408 e. The summed E-state index contributed by atoms with van der Waals surface area (Å²) in [7, 11) is 2.51. The number of aliphatic hydroxyl groups is 1. The number of methoxy groups -OCH3 is 2. The molecule has 5 nitrogen and oxygen atoms in total. The van der Waals surface area contributed by atoms with Crippen LogP contribution >= 0.6 is 0 Å². The Morgan fingerprint density at radius 2 is 1.74 bits per heavy atom. The van der Waals surface area contributed by atoms with Crippen molar-refractivity contribution in [2.75, 3.05) is 40.6 Å². The maximum Gasteiger partial charge on any atom is 0.408 e. The molecule has 2 N–H and O–H groups in total. The zero-order valence-corrected chi connectivity index (χ0v) is 12.7. The Kier molecular flexibility index (Phi) is 7.53. The standard InChI is InChI=1S/C14H19F4NO4/c1-21-11-7-9(10(15)8-12(11)22-2)13(14(16,17)18)19-3-5-23-6-4-20/h7-8,13,19-20H,3-6H2,1-2H3. The quantitative estimate of drug-likeness (QED) is 0.532. The van der Waals surface area contributed by atoms with Gasteiger partial charge in [-0.1, -0.05) is 0 Å². The van der Waals surface area contributed by atoms with E-state index in [9.17, 15) is 17.6 Å². The monoisotopic (exact) mass is 341 g/mol. The second-order valence-electron chi connectivity index (χ2n) is 4.49. The predicted octanol–water partition coefficient (Wildman–Crippen LogP) is 2.04.